The minimum atomic E-state index is -0.450. The molecule has 0 aliphatic rings. The Balaban J connectivity index is 2.22. The maximum atomic E-state index is 11.6. The molecule has 2 aromatic rings. The van der Waals surface area contributed by atoms with Gasteiger partial charge in [0.2, 0.25) is 5.95 Å². The Kier molecular flexibility index (Phi) is 5.26. The first-order valence-corrected chi connectivity index (χ1v) is 6.71. The van der Waals surface area contributed by atoms with Gasteiger partial charge in [0.1, 0.15) is 0 Å². The van der Waals surface area contributed by atoms with Crippen molar-refractivity contribution in [3.63, 3.8) is 0 Å². The number of rotatable bonds is 6. The average molecular weight is 320 g/mol. The molecule has 114 valence electrons. The standard InChI is InChI=1S/C14H14ClN5O2/c1-3-6-16-14-19-12(8-17-20-14)18-11-7-9(13(21)22-2)4-5-10(11)15/h3-5,7-8H,1,6H2,2H3,(H2,16,18,19,20). The highest BCUT2D eigenvalue weighted by atomic mass is 35.5. The summed E-state index contributed by atoms with van der Waals surface area (Å²) in [6, 6.07) is 4.75. The molecule has 7 nitrogen and oxygen atoms in total. The monoisotopic (exact) mass is 319 g/mol. The zero-order chi connectivity index (χ0) is 15.9. The van der Waals surface area contributed by atoms with Gasteiger partial charge in [0.15, 0.2) is 5.82 Å². The Bertz CT molecular complexity index is 693. The van der Waals surface area contributed by atoms with Gasteiger partial charge in [-0.15, -0.1) is 11.7 Å². The SMILES string of the molecule is C=CCNc1nncc(Nc2cc(C(=O)OC)ccc2Cl)n1. The summed E-state index contributed by atoms with van der Waals surface area (Å²) >= 11 is 6.11. The summed E-state index contributed by atoms with van der Waals surface area (Å²) in [5, 5.41) is 14.0. The van der Waals surface area contributed by atoms with E-state index in [0.29, 0.717) is 34.6 Å². The number of nitrogens with zero attached hydrogens (tertiary/aromatic N) is 3. The number of hydrogen-bond donors (Lipinski definition) is 2. The second kappa shape index (κ2) is 7.37. The number of anilines is 3. The quantitative estimate of drug-likeness (QED) is 0.625. The number of ether oxygens (including phenoxy) is 1. The van der Waals surface area contributed by atoms with Gasteiger partial charge in [-0.05, 0) is 18.2 Å². The van der Waals surface area contributed by atoms with Crippen LogP contribution in [0.4, 0.5) is 17.5 Å². The van der Waals surface area contributed by atoms with Crippen LogP contribution in [0.25, 0.3) is 0 Å². The number of hydrogen-bond acceptors (Lipinski definition) is 7. The molecule has 0 fully saturated rings. The van der Waals surface area contributed by atoms with Crippen molar-refractivity contribution >= 4 is 35.0 Å². The van der Waals surface area contributed by atoms with E-state index in [2.05, 4.69) is 37.1 Å². The number of benzene rings is 1. The molecular formula is C14H14ClN5O2. The van der Waals surface area contributed by atoms with E-state index in [4.69, 9.17) is 11.6 Å². The maximum Gasteiger partial charge on any atom is 0.337 e. The van der Waals surface area contributed by atoms with Gasteiger partial charge in [0, 0.05) is 6.54 Å². The first-order chi connectivity index (χ1) is 10.6. The zero-order valence-electron chi connectivity index (χ0n) is 11.8. The Hall–Kier alpha value is -2.67. The van der Waals surface area contributed by atoms with Crippen LogP contribution in [0.15, 0.2) is 37.1 Å². The maximum absolute atomic E-state index is 11.6. The van der Waals surface area contributed by atoms with E-state index in [1.807, 2.05) is 0 Å². The second-order valence-corrected chi connectivity index (χ2v) is 4.55. The lowest BCUT2D eigenvalue weighted by Crippen LogP contribution is -2.06. The second-order valence-electron chi connectivity index (χ2n) is 4.15. The number of methoxy groups -OCH3 is 1. The Labute approximate surface area is 132 Å². The van der Waals surface area contributed by atoms with Crippen molar-refractivity contribution in [2.24, 2.45) is 0 Å². The summed E-state index contributed by atoms with van der Waals surface area (Å²) in [4.78, 5) is 15.8. The molecule has 0 bridgehead atoms. The van der Waals surface area contributed by atoms with Crippen molar-refractivity contribution in [1.82, 2.24) is 15.2 Å². The summed E-state index contributed by atoms with van der Waals surface area (Å²) in [6.45, 7) is 4.11. The molecule has 0 spiro atoms. The molecule has 0 aliphatic heterocycles. The zero-order valence-corrected chi connectivity index (χ0v) is 12.6. The molecule has 0 radical (unpaired) electrons. The summed E-state index contributed by atoms with van der Waals surface area (Å²) in [7, 11) is 1.32. The minimum Gasteiger partial charge on any atom is -0.465 e. The van der Waals surface area contributed by atoms with Gasteiger partial charge in [-0.2, -0.15) is 10.1 Å². The Morgan fingerprint density at radius 1 is 1.50 bits per heavy atom. The van der Waals surface area contributed by atoms with E-state index in [9.17, 15) is 4.79 Å². The molecule has 1 aromatic carbocycles. The fraction of sp³-hybridized carbons (Fsp3) is 0.143. The molecule has 22 heavy (non-hydrogen) atoms. The van der Waals surface area contributed by atoms with E-state index in [-0.39, 0.29) is 0 Å². The van der Waals surface area contributed by atoms with E-state index in [1.54, 1.807) is 24.3 Å². The van der Waals surface area contributed by atoms with Crippen molar-refractivity contribution in [2.45, 2.75) is 0 Å². The molecule has 0 amide bonds. The predicted octanol–water partition coefficient (Wildman–Crippen LogP) is 2.65. The molecule has 0 unspecified atom stereocenters. The van der Waals surface area contributed by atoms with Crippen LogP contribution in [0, 0.1) is 0 Å². The lowest BCUT2D eigenvalue weighted by atomic mass is 10.2. The average Bonchev–Trinajstić information content (AvgIpc) is 2.54. The number of carbonyl (C=O) groups excluding carboxylic acids is 1. The molecule has 0 aliphatic carbocycles. The number of esters is 1. The highest BCUT2D eigenvalue weighted by molar-refractivity contribution is 6.33. The van der Waals surface area contributed by atoms with Crippen LogP contribution >= 0.6 is 11.6 Å². The summed E-state index contributed by atoms with van der Waals surface area (Å²) in [6.07, 6.45) is 3.13. The van der Waals surface area contributed by atoms with E-state index >= 15 is 0 Å². The molecule has 2 N–H and O–H groups in total. The Morgan fingerprint density at radius 2 is 2.32 bits per heavy atom. The van der Waals surface area contributed by atoms with Crippen LogP contribution in [0.1, 0.15) is 10.4 Å². The van der Waals surface area contributed by atoms with Gasteiger partial charge < -0.3 is 15.4 Å². The lowest BCUT2D eigenvalue weighted by Gasteiger charge is -2.09. The third-order valence-electron chi connectivity index (χ3n) is 2.61. The fourth-order valence-electron chi connectivity index (χ4n) is 1.61. The third kappa shape index (κ3) is 3.92. The topological polar surface area (TPSA) is 89.0 Å². The van der Waals surface area contributed by atoms with Crippen LogP contribution < -0.4 is 10.6 Å². The number of carbonyl (C=O) groups is 1. The molecule has 0 atom stereocenters. The van der Waals surface area contributed by atoms with E-state index in [1.165, 1.54) is 13.3 Å². The van der Waals surface area contributed by atoms with Crippen molar-refractivity contribution in [3.8, 4) is 0 Å². The molecule has 1 aromatic heterocycles. The first kappa shape index (κ1) is 15.7. The van der Waals surface area contributed by atoms with Gasteiger partial charge in [-0.3, -0.25) is 0 Å². The van der Waals surface area contributed by atoms with Crippen LogP contribution in [0.2, 0.25) is 5.02 Å². The van der Waals surface area contributed by atoms with Crippen LogP contribution in [-0.2, 0) is 4.74 Å². The molecule has 1 heterocycles. The van der Waals surface area contributed by atoms with Crippen molar-refractivity contribution < 1.29 is 9.53 Å². The van der Waals surface area contributed by atoms with Crippen molar-refractivity contribution in [3.05, 3.63) is 47.6 Å². The number of aromatic nitrogens is 3. The Morgan fingerprint density at radius 3 is 3.05 bits per heavy atom. The molecular weight excluding hydrogens is 306 g/mol. The lowest BCUT2D eigenvalue weighted by molar-refractivity contribution is 0.0601. The molecule has 2 rings (SSSR count). The predicted molar refractivity (Wildman–Crippen MR) is 84.6 cm³/mol. The van der Waals surface area contributed by atoms with Crippen LogP contribution in [-0.4, -0.2) is 34.8 Å². The third-order valence-corrected chi connectivity index (χ3v) is 2.94. The smallest absolute Gasteiger partial charge is 0.337 e. The fourth-order valence-corrected chi connectivity index (χ4v) is 1.77. The highest BCUT2D eigenvalue weighted by Crippen LogP contribution is 2.26. The number of nitrogens with one attached hydrogen (secondary N) is 2. The molecule has 8 heteroatoms. The summed E-state index contributed by atoms with van der Waals surface area (Å²) < 4.78 is 4.68. The van der Waals surface area contributed by atoms with Crippen molar-refractivity contribution in [1.29, 1.82) is 0 Å². The van der Waals surface area contributed by atoms with Gasteiger partial charge in [-0.1, -0.05) is 17.7 Å². The van der Waals surface area contributed by atoms with E-state index < -0.39 is 5.97 Å². The molecule has 0 saturated carbocycles. The van der Waals surface area contributed by atoms with Crippen LogP contribution in [0.3, 0.4) is 0 Å². The van der Waals surface area contributed by atoms with Gasteiger partial charge in [-0.25, -0.2) is 4.79 Å². The minimum absolute atomic E-state index is 0.352. The molecule has 0 saturated heterocycles. The largest absolute Gasteiger partial charge is 0.465 e. The summed E-state index contributed by atoms with van der Waals surface area (Å²) in [5.41, 5.74) is 0.890. The van der Waals surface area contributed by atoms with Gasteiger partial charge in [0.25, 0.3) is 0 Å². The van der Waals surface area contributed by atoms with Gasteiger partial charge >= 0.3 is 5.97 Å². The summed E-state index contributed by atoms with van der Waals surface area (Å²) in [5.74, 6) is 0.337. The van der Waals surface area contributed by atoms with E-state index in [0.717, 1.165) is 0 Å². The normalized spacial score (nSPS) is 9.91. The highest BCUT2D eigenvalue weighted by Gasteiger charge is 2.10. The van der Waals surface area contributed by atoms with Crippen molar-refractivity contribution in [2.75, 3.05) is 24.3 Å². The number of halogens is 1. The first-order valence-electron chi connectivity index (χ1n) is 6.33. The van der Waals surface area contributed by atoms with Gasteiger partial charge in [0.05, 0.1) is 29.6 Å². The van der Waals surface area contributed by atoms with Crippen LogP contribution in [0.5, 0.6) is 0 Å².